The lowest BCUT2D eigenvalue weighted by molar-refractivity contribution is 0.0866. The number of nitrogens with one attached hydrogen (secondary N) is 2. The first-order valence-corrected chi connectivity index (χ1v) is 12.2. The summed E-state index contributed by atoms with van der Waals surface area (Å²) < 4.78 is 6.41. The normalized spacial score (nSPS) is 15.5. The van der Waals surface area contributed by atoms with Crippen LogP contribution in [0.5, 0.6) is 0 Å². The first-order chi connectivity index (χ1) is 16.9. The van der Waals surface area contributed by atoms with E-state index in [1.54, 1.807) is 14.2 Å². The molecule has 4 rings (SSSR count). The van der Waals surface area contributed by atoms with Gasteiger partial charge < -0.3 is 19.8 Å². The highest BCUT2D eigenvalue weighted by atomic mass is 16.6. The van der Waals surface area contributed by atoms with Crippen molar-refractivity contribution in [3.63, 3.8) is 0 Å². The monoisotopic (exact) mass is 479 g/mol. The van der Waals surface area contributed by atoms with E-state index in [9.17, 15) is 0 Å². The third-order valence-electron chi connectivity index (χ3n) is 6.69. The molecule has 1 heterocycles. The minimum absolute atomic E-state index is 0.0899. The Kier molecular flexibility index (Phi) is 7.98. The number of hydrogen-bond acceptors (Lipinski definition) is 8. The summed E-state index contributed by atoms with van der Waals surface area (Å²) in [5.41, 5.74) is 19.0. The predicted octanol–water partition coefficient (Wildman–Crippen LogP) is 3.67. The second-order valence-corrected chi connectivity index (χ2v) is 9.72. The average Bonchev–Trinajstić information content (AvgIpc) is 3.30. The Morgan fingerprint density at radius 1 is 0.914 bits per heavy atom. The maximum absolute atomic E-state index is 6.53. The average molecular weight is 480 g/mol. The molecule has 0 radical (unpaired) electrons. The molecule has 3 aromatic rings. The first kappa shape index (κ1) is 25.5. The van der Waals surface area contributed by atoms with Crippen molar-refractivity contribution in [2.45, 2.75) is 70.5 Å². The number of benzene rings is 2. The van der Waals surface area contributed by atoms with Gasteiger partial charge in [0.05, 0.1) is 14.2 Å². The van der Waals surface area contributed by atoms with Crippen LogP contribution >= 0.6 is 0 Å². The number of fused-ring (bicyclic) bond motifs is 2. The van der Waals surface area contributed by atoms with Crippen LogP contribution in [0.3, 0.4) is 0 Å². The van der Waals surface area contributed by atoms with Crippen molar-refractivity contribution < 1.29 is 14.1 Å². The molecule has 1 aromatic heterocycles. The molecular weight excluding hydrogens is 442 g/mol. The van der Waals surface area contributed by atoms with Crippen molar-refractivity contribution in [1.29, 1.82) is 0 Å². The Morgan fingerprint density at radius 2 is 1.46 bits per heavy atom. The van der Waals surface area contributed by atoms with Gasteiger partial charge in [0.2, 0.25) is 11.8 Å². The molecular formula is C27H37N5O3. The lowest BCUT2D eigenvalue weighted by atomic mass is 9.68. The van der Waals surface area contributed by atoms with Gasteiger partial charge in [-0.3, -0.25) is 0 Å². The van der Waals surface area contributed by atoms with Crippen LogP contribution in [-0.4, -0.2) is 30.5 Å². The Bertz CT molecular complexity index is 1080. The molecule has 1 aliphatic rings. The van der Waals surface area contributed by atoms with Crippen LogP contribution in [0.1, 0.15) is 78.3 Å². The van der Waals surface area contributed by atoms with Crippen molar-refractivity contribution in [2.75, 3.05) is 14.2 Å². The fourth-order valence-electron chi connectivity index (χ4n) is 5.15. The molecule has 0 saturated carbocycles. The van der Waals surface area contributed by atoms with Gasteiger partial charge in [-0.15, -0.1) is 10.2 Å². The van der Waals surface area contributed by atoms with Gasteiger partial charge in [0.25, 0.3) is 0 Å². The molecule has 8 heteroatoms. The van der Waals surface area contributed by atoms with Gasteiger partial charge in [0.1, 0.15) is 5.41 Å². The van der Waals surface area contributed by atoms with Gasteiger partial charge in [0.15, 0.2) is 0 Å². The molecule has 0 saturated heterocycles. The second-order valence-electron chi connectivity index (χ2n) is 9.72. The molecule has 0 fully saturated rings. The van der Waals surface area contributed by atoms with Crippen molar-refractivity contribution in [2.24, 2.45) is 5.73 Å². The van der Waals surface area contributed by atoms with Gasteiger partial charge in [-0.05, 0) is 59.6 Å². The van der Waals surface area contributed by atoms with Crippen LogP contribution in [0.25, 0.3) is 0 Å². The topological polar surface area (TPSA) is 107 Å². The second kappa shape index (κ2) is 11.0. The van der Waals surface area contributed by atoms with E-state index in [1.165, 1.54) is 22.3 Å². The highest BCUT2D eigenvalue weighted by Gasteiger charge is 2.46. The summed E-state index contributed by atoms with van der Waals surface area (Å²) in [5, 5.41) is 9.06. The molecule has 0 spiro atoms. The number of hydroxylamine groups is 2. The Hall–Kier alpha value is -2.62. The number of rotatable bonds is 10. The van der Waals surface area contributed by atoms with Crippen LogP contribution in [0.4, 0.5) is 0 Å². The summed E-state index contributed by atoms with van der Waals surface area (Å²) in [6.45, 7) is 7.42. The van der Waals surface area contributed by atoms with Crippen LogP contribution in [0.15, 0.2) is 40.8 Å². The van der Waals surface area contributed by atoms with E-state index in [2.05, 4.69) is 71.4 Å². The zero-order valence-electron chi connectivity index (χ0n) is 21.4. The summed E-state index contributed by atoms with van der Waals surface area (Å²) in [4.78, 5) is 10.2. The van der Waals surface area contributed by atoms with E-state index < -0.39 is 5.41 Å². The van der Waals surface area contributed by atoms with Gasteiger partial charge in [-0.2, -0.15) is 11.0 Å². The van der Waals surface area contributed by atoms with Gasteiger partial charge >= 0.3 is 0 Å². The lowest BCUT2D eigenvalue weighted by Crippen LogP contribution is -2.37. The molecule has 0 bridgehead atoms. The number of nitrogens with two attached hydrogens (primary N) is 1. The molecule has 188 valence electrons. The Labute approximate surface area is 207 Å². The summed E-state index contributed by atoms with van der Waals surface area (Å²) in [6, 6.07) is 13.1. The molecule has 4 N–H and O–H groups in total. The van der Waals surface area contributed by atoms with Crippen molar-refractivity contribution in [1.82, 2.24) is 21.2 Å². The van der Waals surface area contributed by atoms with E-state index in [4.69, 9.17) is 19.8 Å². The number of aryl methyl sites for hydroxylation is 2. The predicted molar refractivity (Wildman–Crippen MR) is 135 cm³/mol. The minimum Gasteiger partial charge on any atom is -0.424 e. The van der Waals surface area contributed by atoms with E-state index in [-0.39, 0.29) is 12.0 Å². The minimum atomic E-state index is -0.643. The SMILES string of the molecule is CONCc1ccc2c(c1)CCc1cc(CNOC)ccc1C2(C[C@H](C)N)c1nnc(C(C)C)o1. The zero-order valence-corrected chi connectivity index (χ0v) is 21.4. The summed E-state index contributed by atoms with van der Waals surface area (Å²) in [6.07, 6.45) is 2.45. The molecule has 1 aliphatic carbocycles. The highest BCUT2D eigenvalue weighted by Crippen LogP contribution is 2.47. The molecule has 0 unspecified atom stereocenters. The van der Waals surface area contributed by atoms with Crippen LogP contribution in [0, 0.1) is 0 Å². The fraction of sp³-hybridized carbons (Fsp3) is 0.481. The molecule has 2 aromatic carbocycles. The molecule has 0 amide bonds. The van der Waals surface area contributed by atoms with E-state index in [0.717, 1.165) is 24.0 Å². The lowest BCUT2D eigenvalue weighted by Gasteiger charge is -2.35. The van der Waals surface area contributed by atoms with Crippen molar-refractivity contribution >= 4 is 0 Å². The standard InChI is InChI=1S/C27H37N5O3/c1-17(2)25-31-32-26(35-25)27(14-18(3)28)23-10-6-19(15-29-33-4)12-21(23)8-9-22-13-20(16-30-34-5)7-11-24(22)27/h6-7,10-13,17-18,29-30H,8-9,14-16,28H2,1-5H3/t18-/m0/s1. The quantitative estimate of drug-likeness (QED) is 0.378. The summed E-state index contributed by atoms with van der Waals surface area (Å²) in [5.74, 6) is 1.38. The van der Waals surface area contributed by atoms with E-state index in [1.807, 2.05) is 6.92 Å². The third-order valence-corrected chi connectivity index (χ3v) is 6.69. The molecule has 1 atom stereocenters. The zero-order chi connectivity index (χ0) is 25.0. The van der Waals surface area contributed by atoms with Crippen LogP contribution < -0.4 is 16.7 Å². The van der Waals surface area contributed by atoms with Crippen molar-refractivity contribution in [3.8, 4) is 0 Å². The number of nitrogens with zero attached hydrogens (tertiary/aromatic N) is 2. The molecule has 8 nitrogen and oxygen atoms in total. The van der Waals surface area contributed by atoms with Gasteiger partial charge in [-0.25, -0.2) is 0 Å². The van der Waals surface area contributed by atoms with E-state index in [0.29, 0.717) is 31.3 Å². The largest absolute Gasteiger partial charge is 0.424 e. The smallest absolute Gasteiger partial charge is 0.231 e. The number of hydrogen-bond donors (Lipinski definition) is 3. The maximum atomic E-state index is 6.53. The van der Waals surface area contributed by atoms with E-state index >= 15 is 0 Å². The van der Waals surface area contributed by atoms with Crippen LogP contribution in [0.2, 0.25) is 0 Å². The van der Waals surface area contributed by atoms with Gasteiger partial charge in [0, 0.05) is 25.0 Å². The number of aromatic nitrogens is 2. The Morgan fingerprint density at radius 3 is 1.89 bits per heavy atom. The van der Waals surface area contributed by atoms with Crippen LogP contribution in [-0.2, 0) is 41.0 Å². The first-order valence-electron chi connectivity index (χ1n) is 12.2. The van der Waals surface area contributed by atoms with Crippen molar-refractivity contribution in [3.05, 3.63) is 81.6 Å². The summed E-state index contributed by atoms with van der Waals surface area (Å²) in [7, 11) is 3.26. The highest BCUT2D eigenvalue weighted by molar-refractivity contribution is 5.55. The maximum Gasteiger partial charge on any atom is 0.231 e. The summed E-state index contributed by atoms with van der Waals surface area (Å²) >= 11 is 0. The Balaban J connectivity index is 1.96. The molecule has 35 heavy (non-hydrogen) atoms. The van der Waals surface area contributed by atoms with Gasteiger partial charge in [-0.1, -0.05) is 50.2 Å². The third kappa shape index (κ3) is 5.17. The molecule has 0 aliphatic heterocycles. The fourth-order valence-corrected chi connectivity index (χ4v) is 5.15.